The van der Waals surface area contributed by atoms with E-state index >= 15 is 0 Å². The molecular formula is C32H50O2Si. The first-order chi connectivity index (χ1) is 17.0. The molecule has 2 nitrogen and oxygen atoms in total. The zero-order valence-corrected chi connectivity index (χ0v) is 24.5. The lowest BCUT2D eigenvalue weighted by Crippen LogP contribution is -2.55. The molecule has 1 heterocycles. The number of fused-ring (bicyclic) bond motifs is 3. The predicted octanol–water partition coefficient (Wildman–Crippen LogP) is 8.59. The van der Waals surface area contributed by atoms with E-state index in [9.17, 15) is 0 Å². The van der Waals surface area contributed by atoms with Crippen molar-refractivity contribution in [1.82, 2.24) is 0 Å². The van der Waals surface area contributed by atoms with Gasteiger partial charge in [0.25, 0.3) is 0 Å². The van der Waals surface area contributed by atoms with Crippen LogP contribution in [0.1, 0.15) is 102 Å². The molecular weight excluding hydrogens is 444 g/mol. The summed E-state index contributed by atoms with van der Waals surface area (Å²) in [4.78, 5) is 0. The predicted molar refractivity (Wildman–Crippen MR) is 156 cm³/mol. The molecule has 0 saturated carbocycles. The Morgan fingerprint density at radius 1 is 0.543 bits per heavy atom. The topological polar surface area (TPSA) is 18.5 Å². The fraction of sp³-hybridized carbons (Fsp3) is 0.625. The first-order valence-electron chi connectivity index (χ1n) is 14.4. The van der Waals surface area contributed by atoms with Crippen molar-refractivity contribution in [2.24, 2.45) is 0 Å². The quantitative estimate of drug-likeness (QED) is 0.172. The smallest absolute Gasteiger partial charge is 0.122 e. The summed E-state index contributed by atoms with van der Waals surface area (Å²) >= 11 is 0. The Morgan fingerprint density at radius 3 is 1.29 bits per heavy atom. The van der Waals surface area contributed by atoms with E-state index in [0.29, 0.717) is 0 Å². The van der Waals surface area contributed by atoms with Crippen LogP contribution in [0, 0.1) is 13.8 Å². The third-order valence-corrected chi connectivity index (χ3v) is 13.6. The summed E-state index contributed by atoms with van der Waals surface area (Å²) in [7, 11) is 1.75. The van der Waals surface area contributed by atoms with Crippen LogP contribution in [0.25, 0.3) is 11.1 Å². The van der Waals surface area contributed by atoms with Crippen LogP contribution in [0.4, 0.5) is 0 Å². The van der Waals surface area contributed by atoms with Gasteiger partial charge in [-0.05, 0) is 70.7 Å². The van der Waals surface area contributed by atoms with Crippen LogP contribution in [0.2, 0.25) is 12.1 Å². The molecule has 1 aliphatic rings. The van der Waals surface area contributed by atoms with Gasteiger partial charge in [-0.2, -0.15) is 0 Å². The number of hydrogen-bond acceptors (Lipinski definition) is 2. The van der Waals surface area contributed by atoms with E-state index in [1.54, 1.807) is 24.6 Å². The van der Waals surface area contributed by atoms with Crippen molar-refractivity contribution < 1.29 is 9.47 Å². The summed E-state index contributed by atoms with van der Waals surface area (Å²) < 4.78 is 11.6. The monoisotopic (exact) mass is 494 g/mol. The van der Waals surface area contributed by atoms with Crippen LogP contribution in [-0.4, -0.2) is 22.3 Å². The molecule has 2 aromatic carbocycles. The summed E-state index contributed by atoms with van der Waals surface area (Å²) in [6.45, 7) is 9.06. The Balaban J connectivity index is 1.99. The van der Waals surface area contributed by atoms with Crippen LogP contribution in [0.3, 0.4) is 0 Å². The molecule has 0 aliphatic carbocycles. The third-order valence-electron chi connectivity index (χ3n) is 8.31. The average molecular weight is 495 g/mol. The van der Waals surface area contributed by atoms with Crippen molar-refractivity contribution in [3.63, 3.8) is 0 Å². The molecule has 0 saturated heterocycles. The molecule has 35 heavy (non-hydrogen) atoms. The van der Waals surface area contributed by atoms with Crippen LogP contribution in [0.5, 0.6) is 11.5 Å². The minimum Gasteiger partial charge on any atom is -0.496 e. The summed E-state index contributed by atoms with van der Waals surface area (Å²) in [6.07, 6.45) is 16.4. The van der Waals surface area contributed by atoms with Crippen molar-refractivity contribution in [2.75, 3.05) is 14.2 Å². The van der Waals surface area contributed by atoms with E-state index in [2.05, 4.69) is 52.0 Å². The largest absolute Gasteiger partial charge is 0.496 e. The molecule has 0 bridgehead atoms. The second-order valence-corrected chi connectivity index (χ2v) is 15.1. The third kappa shape index (κ3) is 6.34. The number of unbranched alkanes of at least 4 members (excludes halogenated alkanes) is 10. The Bertz CT molecular complexity index is 872. The number of ether oxygens (including phenoxy) is 2. The van der Waals surface area contributed by atoms with Gasteiger partial charge in [0.15, 0.2) is 0 Å². The van der Waals surface area contributed by atoms with Gasteiger partial charge < -0.3 is 9.47 Å². The number of hydrogen-bond donors (Lipinski definition) is 0. The molecule has 2 aromatic rings. The van der Waals surface area contributed by atoms with Gasteiger partial charge in [0.1, 0.15) is 19.6 Å². The molecule has 0 amide bonds. The highest BCUT2D eigenvalue weighted by atomic mass is 28.3. The maximum absolute atomic E-state index is 5.79. The highest BCUT2D eigenvalue weighted by molar-refractivity contribution is 7.05. The summed E-state index contributed by atoms with van der Waals surface area (Å²) in [6, 6.07) is 12.4. The van der Waals surface area contributed by atoms with Crippen molar-refractivity contribution in [3.8, 4) is 22.6 Å². The van der Waals surface area contributed by atoms with Gasteiger partial charge in [-0.25, -0.2) is 0 Å². The maximum Gasteiger partial charge on any atom is 0.122 e. The van der Waals surface area contributed by atoms with Crippen LogP contribution < -0.4 is 19.8 Å². The Labute approximate surface area is 216 Å². The molecule has 3 heteroatoms. The lowest BCUT2D eigenvalue weighted by Gasteiger charge is -2.31. The lowest BCUT2D eigenvalue weighted by molar-refractivity contribution is 0.411. The molecule has 0 spiro atoms. The van der Waals surface area contributed by atoms with Gasteiger partial charge in [0, 0.05) is 0 Å². The number of rotatable bonds is 16. The van der Waals surface area contributed by atoms with Crippen LogP contribution in [-0.2, 0) is 0 Å². The normalized spacial score (nSPS) is 13.5. The highest BCUT2D eigenvalue weighted by Gasteiger charge is 2.45. The van der Waals surface area contributed by atoms with E-state index in [0.717, 1.165) is 11.5 Å². The number of methoxy groups -OCH3 is 2. The van der Waals surface area contributed by atoms with E-state index in [1.807, 2.05) is 0 Å². The number of aryl methyl sites for hydroxylation is 2. The average Bonchev–Trinajstić information content (AvgIpc) is 3.10. The number of benzene rings is 2. The highest BCUT2D eigenvalue weighted by Crippen LogP contribution is 2.40. The van der Waals surface area contributed by atoms with Gasteiger partial charge >= 0.3 is 0 Å². The van der Waals surface area contributed by atoms with E-state index in [4.69, 9.17) is 9.47 Å². The van der Waals surface area contributed by atoms with E-state index in [-0.39, 0.29) is 0 Å². The molecule has 0 atom stereocenters. The lowest BCUT2D eigenvalue weighted by atomic mass is 10.0. The van der Waals surface area contributed by atoms with Gasteiger partial charge in [0.2, 0.25) is 0 Å². The zero-order chi connectivity index (χ0) is 25.3. The molecule has 0 fully saturated rings. The van der Waals surface area contributed by atoms with Gasteiger partial charge in [-0.1, -0.05) is 103 Å². The van der Waals surface area contributed by atoms with E-state index < -0.39 is 8.07 Å². The molecule has 0 radical (unpaired) electrons. The Kier molecular flexibility index (Phi) is 10.8. The first kappa shape index (κ1) is 27.8. The minimum atomic E-state index is -1.86. The minimum absolute atomic E-state index is 1.01. The molecule has 194 valence electrons. The fourth-order valence-electron chi connectivity index (χ4n) is 6.28. The van der Waals surface area contributed by atoms with Gasteiger partial charge in [0.05, 0.1) is 14.2 Å². The second kappa shape index (κ2) is 13.5. The molecule has 0 unspecified atom stereocenters. The Morgan fingerprint density at radius 2 is 0.914 bits per heavy atom. The first-order valence-corrected chi connectivity index (χ1v) is 16.8. The van der Waals surface area contributed by atoms with E-state index in [1.165, 1.54) is 111 Å². The summed E-state index contributed by atoms with van der Waals surface area (Å²) in [5.41, 5.74) is 5.41. The standard InChI is InChI=1S/C32H50O2Si/c1-7-9-11-13-15-17-19-35(20-18-16-14-12-10-8-2)31-21-25(3)29(33-5)23-27(31)28-24-30(34-6)26(4)22-32(28)35/h21-24H,7-20H2,1-6H3. The van der Waals surface area contributed by atoms with Gasteiger partial charge in [-0.3, -0.25) is 0 Å². The van der Waals surface area contributed by atoms with Crippen molar-refractivity contribution in [1.29, 1.82) is 0 Å². The van der Waals surface area contributed by atoms with Crippen molar-refractivity contribution >= 4 is 18.4 Å². The summed E-state index contributed by atoms with van der Waals surface area (Å²) in [5, 5.41) is 3.33. The molecule has 0 aromatic heterocycles. The van der Waals surface area contributed by atoms with Crippen molar-refractivity contribution in [3.05, 3.63) is 35.4 Å². The zero-order valence-electron chi connectivity index (χ0n) is 23.5. The van der Waals surface area contributed by atoms with Crippen LogP contribution >= 0.6 is 0 Å². The molecule has 3 rings (SSSR count). The molecule has 0 N–H and O–H groups in total. The van der Waals surface area contributed by atoms with Crippen LogP contribution in [0.15, 0.2) is 24.3 Å². The van der Waals surface area contributed by atoms with Gasteiger partial charge in [-0.15, -0.1) is 0 Å². The van der Waals surface area contributed by atoms with Crippen molar-refractivity contribution in [2.45, 2.75) is 117 Å². The Hall–Kier alpha value is -1.74. The summed E-state index contributed by atoms with van der Waals surface area (Å²) in [5.74, 6) is 2.02. The second-order valence-electron chi connectivity index (χ2n) is 10.9. The maximum atomic E-state index is 5.79. The molecule has 1 aliphatic heterocycles. The fourth-order valence-corrected chi connectivity index (χ4v) is 12.0. The SMILES string of the molecule is CCCCCCCC[Si]1(CCCCCCCC)c2cc(C)c(OC)cc2-c2cc(OC)c(C)cc21.